The number of nitrogens with zero attached hydrogens (tertiary/aromatic N) is 3. The quantitative estimate of drug-likeness (QED) is 0.688. The second-order valence-corrected chi connectivity index (χ2v) is 7.94. The summed E-state index contributed by atoms with van der Waals surface area (Å²) in [4.78, 5) is 16.2. The van der Waals surface area contributed by atoms with Crippen molar-refractivity contribution in [2.24, 2.45) is 0 Å². The molecule has 0 aliphatic carbocycles. The number of hydrogen-bond donors (Lipinski definition) is 2. The van der Waals surface area contributed by atoms with Gasteiger partial charge in [-0.1, -0.05) is 53.2 Å². The topological polar surface area (TPSA) is 79.8 Å². The molecule has 0 aliphatic rings. The lowest BCUT2D eigenvalue weighted by atomic mass is 10.4. The average molecular weight is 392 g/mol. The number of nitrogens with one attached hydrogen (secondary N) is 2. The molecular weight excluding hydrogens is 377 g/mol. The largest absolute Gasteiger partial charge is 0.360 e. The zero-order valence-electron chi connectivity index (χ0n) is 12.5. The zero-order valence-corrected chi connectivity index (χ0v) is 15.6. The van der Waals surface area contributed by atoms with Crippen LogP contribution in [0, 0.1) is 0 Å². The molecule has 1 atom stereocenters. The van der Waals surface area contributed by atoms with Crippen molar-refractivity contribution < 1.29 is 4.79 Å². The Balaban J connectivity index is 1.93. The third-order valence-corrected chi connectivity index (χ3v) is 5.19. The molecule has 2 aromatic rings. The highest BCUT2D eigenvalue weighted by Gasteiger charge is 2.18. The predicted octanol–water partition coefficient (Wildman–Crippen LogP) is 4.18. The zero-order chi connectivity index (χ0) is 16.8. The minimum atomic E-state index is -0.365. The van der Waals surface area contributed by atoms with Gasteiger partial charge in [-0.15, -0.1) is 10.2 Å². The maximum Gasteiger partial charge on any atom is 0.238 e. The lowest BCUT2D eigenvalue weighted by Gasteiger charge is -2.10. The van der Waals surface area contributed by atoms with Gasteiger partial charge in [-0.3, -0.25) is 4.79 Å². The van der Waals surface area contributed by atoms with Gasteiger partial charge in [0.05, 0.1) is 15.3 Å². The lowest BCUT2D eigenvalue weighted by Crippen LogP contribution is -2.23. The van der Waals surface area contributed by atoms with Gasteiger partial charge in [-0.2, -0.15) is 0 Å². The molecular formula is C13H15Cl2N5OS2. The predicted molar refractivity (Wildman–Crippen MR) is 96.9 cm³/mol. The number of aromatic nitrogens is 3. The number of thioether (sulfide) groups is 1. The van der Waals surface area contributed by atoms with Crippen LogP contribution in [0.25, 0.3) is 0 Å². The van der Waals surface area contributed by atoms with Crippen LogP contribution in [-0.2, 0) is 4.79 Å². The van der Waals surface area contributed by atoms with Gasteiger partial charge in [0.1, 0.15) is 0 Å². The third-order valence-electron chi connectivity index (χ3n) is 2.63. The Morgan fingerprint density at radius 2 is 2.22 bits per heavy atom. The number of rotatable bonds is 7. The van der Waals surface area contributed by atoms with Crippen molar-refractivity contribution >= 4 is 63.2 Å². The number of hydrogen-bond acceptors (Lipinski definition) is 7. The summed E-state index contributed by atoms with van der Waals surface area (Å²) in [7, 11) is 0. The summed E-state index contributed by atoms with van der Waals surface area (Å²) in [5.74, 6) is 0.0704. The van der Waals surface area contributed by atoms with Gasteiger partial charge >= 0.3 is 0 Å². The summed E-state index contributed by atoms with van der Waals surface area (Å²) in [5, 5.41) is 15.0. The monoisotopic (exact) mass is 391 g/mol. The van der Waals surface area contributed by atoms with E-state index in [2.05, 4.69) is 32.7 Å². The minimum Gasteiger partial charge on any atom is -0.360 e. The number of halogens is 2. The van der Waals surface area contributed by atoms with Crippen LogP contribution < -0.4 is 10.6 Å². The molecule has 0 fully saturated rings. The average Bonchev–Trinajstić information content (AvgIpc) is 2.95. The number of pyridine rings is 1. The normalized spacial score (nSPS) is 12.0. The molecule has 0 saturated heterocycles. The maximum atomic E-state index is 12.2. The van der Waals surface area contributed by atoms with Crippen molar-refractivity contribution in [1.29, 1.82) is 0 Å². The summed E-state index contributed by atoms with van der Waals surface area (Å²) >= 11 is 14.5. The lowest BCUT2D eigenvalue weighted by molar-refractivity contribution is -0.115. The van der Waals surface area contributed by atoms with Crippen LogP contribution in [0.3, 0.4) is 0 Å². The highest BCUT2D eigenvalue weighted by molar-refractivity contribution is 8.02. The van der Waals surface area contributed by atoms with E-state index < -0.39 is 0 Å². The summed E-state index contributed by atoms with van der Waals surface area (Å²) in [6.07, 6.45) is 2.44. The van der Waals surface area contributed by atoms with Gasteiger partial charge in [-0.05, 0) is 19.4 Å². The van der Waals surface area contributed by atoms with Crippen molar-refractivity contribution in [3.05, 3.63) is 22.3 Å². The van der Waals surface area contributed by atoms with Crippen LogP contribution in [0.4, 0.5) is 10.9 Å². The van der Waals surface area contributed by atoms with E-state index >= 15 is 0 Å². The van der Waals surface area contributed by atoms with Crippen molar-refractivity contribution in [3.8, 4) is 0 Å². The first-order valence-electron chi connectivity index (χ1n) is 6.85. The van der Waals surface area contributed by atoms with Crippen LogP contribution in [-0.4, -0.2) is 32.9 Å². The number of carbonyl (C=O) groups is 1. The molecule has 2 heterocycles. The van der Waals surface area contributed by atoms with E-state index in [0.717, 1.165) is 22.4 Å². The number of carbonyl (C=O) groups excluding carboxylic acids is 1. The van der Waals surface area contributed by atoms with E-state index in [1.807, 2.05) is 0 Å². The van der Waals surface area contributed by atoms with Crippen LogP contribution >= 0.6 is 46.3 Å². The van der Waals surface area contributed by atoms with Gasteiger partial charge in [0, 0.05) is 12.7 Å². The van der Waals surface area contributed by atoms with E-state index in [4.69, 9.17) is 23.2 Å². The Labute approximate surface area is 152 Å². The number of anilines is 2. The van der Waals surface area contributed by atoms with Crippen LogP contribution in [0.15, 0.2) is 16.6 Å². The molecule has 0 saturated carbocycles. The van der Waals surface area contributed by atoms with Crippen LogP contribution in [0.5, 0.6) is 0 Å². The Bertz CT molecular complexity index is 682. The number of amides is 1. The molecule has 1 amide bonds. The second-order valence-electron chi connectivity index (χ2n) is 4.53. The first kappa shape index (κ1) is 18.3. The Kier molecular flexibility index (Phi) is 6.88. The van der Waals surface area contributed by atoms with Gasteiger partial charge < -0.3 is 10.6 Å². The van der Waals surface area contributed by atoms with Gasteiger partial charge in [0.25, 0.3) is 0 Å². The molecule has 0 spiro atoms. The highest BCUT2D eigenvalue weighted by Crippen LogP contribution is 2.30. The first-order chi connectivity index (χ1) is 11.0. The van der Waals surface area contributed by atoms with E-state index in [9.17, 15) is 4.79 Å². The summed E-state index contributed by atoms with van der Waals surface area (Å²) in [6, 6.07) is 1.53. The minimum absolute atomic E-state index is 0.218. The van der Waals surface area contributed by atoms with Crippen LogP contribution in [0.1, 0.15) is 20.3 Å². The van der Waals surface area contributed by atoms with E-state index in [1.165, 1.54) is 35.4 Å². The molecule has 23 heavy (non-hydrogen) atoms. The first-order valence-corrected chi connectivity index (χ1v) is 9.30. The van der Waals surface area contributed by atoms with E-state index in [1.54, 1.807) is 6.92 Å². The highest BCUT2D eigenvalue weighted by atomic mass is 35.5. The molecule has 10 heteroatoms. The van der Waals surface area contributed by atoms with Crippen LogP contribution in [0.2, 0.25) is 10.0 Å². The molecule has 6 nitrogen and oxygen atoms in total. The summed E-state index contributed by atoms with van der Waals surface area (Å²) < 4.78 is 0.724. The molecule has 0 aliphatic heterocycles. The van der Waals surface area contributed by atoms with E-state index in [0.29, 0.717) is 10.0 Å². The molecule has 2 aromatic heterocycles. The molecule has 124 valence electrons. The Morgan fingerprint density at radius 1 is 1.43 bits per heavy atom. The fraction of sp³-hybridized carbons (Fsp3) is 0.385. The summed E-state index contributed by atoms with van der Waals surface area (Å²) in [5.41, 5.74) is 0. The molecule has 2 rings (SSSR count). The van der Waals surface area contributed by atoms with Gasteiger partial charge in [0.15, 0.2) is 10.2 Å². The fourth-order valence-electron chi connectivity index (χ4n) is 1.49. The summed E-state index contributed by atoms with van der Waals surface area (Å²) in [6.45, 7) is 4.70. The smallest absolute Gasteiger partial charge is 0.238 e. The Morgan fingerprint density at radius 3 is 2.91 bits per heavy atom. The van der Waals surface area contributed by atoms with Gasteiger partial charge in [0.2, 0.25) is 11.0 Å². The third kappa shape index (κ3) is 5.49. The van der Waals surface area contributed by atoms with Crippen molar-refractivity contribution in [2.45, 2.75) is 29.9 Å². The SMILES string of the molecule is CCCNc1nnc(S[C@@H](C)C(=O)Nc2ncc(Cl)cc2Cl)s1. The molecule has 0 bridgehead atoms. The van der Waals surface area contributed by atoms with Crippen molar-refractivity contribution in [1.82, 2.24) is 15.2 Å². The molecule has 0 unspecified atom stereocenters. The standard InChI is InChI=1S/C13H15Cl2N5OS2/c1-3-4-16-12-19-20-13(23-12)22-7(2)11(21)18-10-9(15)5-8(14)6-17-10/h5-7H,3-4H2,1-2H3,(H,16,19)(H,17,18,21)/t7-/m0/s1. The molecule has 2 N–H and O–H groups in total. The second kappa shape index (κ2) is 8.68. The van der Waals surface area contributed by atoms with Crippen molar-refractivity contribution in [3.63, 3.8) is 0 Å². The Hall–Kier alpha value is -1.09. The van der Waals surface area contributed by atoms with Crippen molar-refractivity contribution in [2.75, 3.05) is 17.2 Å². The fourth-order valence-corrected chi connectivity index (χ4v) is 3.84. The van der Waals surface area contributed by atoms with Gasteiger partial charge in [-0.25, -0.2) is 4.98 Å². The maximum absolute atomic E-state index is 12.2. The molecule has 0 radical (unpaired) electrons. The van der Waals surface area contributed by atoms with E-state index in [-0.39, 0.29) is 17.0 Å². The molecule has 0 aromatic carbocycles.